The van der Waals surface area contributed by atoms with Crippen LogP contribution in [-0.2, 0) is 10.0 Å². The number of hydrogen-bond acceptors (Lipinski definition) is 4. The van der Waals surface area contributed by atoms with E-state index < -0.39 is 21.5 Å². The molecule has 0 fully saturated rings. The van der Waals surface area contributed by atoms with Gasteiger partial charge in [-0.25, -0.2) is 13.1 Å². The summed E-state index contributed by atoms with van der Waals surface area (Å²) in [5.41, 5.74) is 9.95. The van der Waals surface area contributed by atoms with Crippen LogP contribution >= 0.6 is 0 Å². The molecular formula is C11H17N3O3S. The van der Waals surface area contributed by atoms with Crippen molar-refractivity contribution < 1.29 is 13.2 Å². The van der Waals surface area contributed by atoms with Crippen molar-refractivity contribution in [3.05, 3.63) is 29.8 Å². The lowest BCUT2D eigenvalue weighted by Gasteiger charge is -2.23. The molecule has 7 heteroatoms. The van der Waals surface area contributed by atoms with Crippen molar-refractivity contribution >= 4 is 15.9 Å². The van der Waals surface area contributed by atoms with E-state index >= 15 is 0 Å². The topological polar surface area (TPSA) is 115 Å². The zero-order valence-corrected chi connectivity index (χ0v) is 11.1. The molecule has 5 N–H and O–H groups in total. The van der Waals surface area contributed by atoms with Gasteiger partial charge in [0.25, 0.3) is 0 Å². The first-order valence-corrected chi connectivity index (χ1v) is 6.80. The second-order valence-electron chi connectivity index (χ2n) is 4.59. The minimum absolute atomic E-state index is 0.0136. The van der Waals surface area contributed by atoms with Gasteiger partial charge in [0.15, 0.2) is 0 Å². The van der Waals surface area contributed by atoms with Crippen molar-refractivity contribution in [2.24, 2.45) is 11.5 Å². The summed E-state index contributed by atoms with van der Waals surface area (Å²) in [6, 6.07) is 5.54. The summed E-state index contributed by atoms with van der Waals surface area (Å²) in [4.78, 5) is 11.0. The largest absolute Gasteiger partial charge is 0.366 e. The van der Waals surface area contributed by atoms with E-state index in [1.165, 1.54) is 24.3 Å². The second-order valence-corrected chi connectivity index (χ2v) is 6.27. The van der Waals surface area contributed by atoms with Gasteiger partial charge in [0.2, 0.25) is 15.9 Å². The van der Waals surface area contributed by atoms with Crippen molar-refractivity contribution in [1.29, 1.82) is 0 Å². The summed E-state index contributed by atoms with van der Waals surface area (Å²) in [5, 5.41) is 0. The third kappa shape index (κ3) is 3.52. The van der Waals surface area contributed by atoms with Crippen molar-refractivity contribution in [2.75, 3.05) is 6.54 Å². The van der Waals surface area contributed by atoms with Gasteiger partial charge in [-0.3, -0.25) is 4.79 Å². The highest BCUT2D eigenvalue weighted by Gasteiger charge is 2.25. The van der Waals surface area contributed by atoms with Crippen molar-refractivity contribution in [1.82, 2.24) is 4.72 Å². The molecule has 0 saturated heterocycles. The van der Waals surface area contributed by atoms with Crippen LogP contribution in [0, 0.1) is 0 Å². The number of carbonyl (C=O) groups is 1. The molecule has 0 aliphatic rings. The Bertz CT molecular complexity index is 552. The van der Waals surface area contributed by atoms with E-state index in [4.69, 9.17) is 11.5 Å². The van der Waals surface area contributed by atoms with Crippen molar-refractivity contribution in [2.45, 2.75) is 24.3 Å². The molecule has 0 aliphatic heterocycles. The zero-order valence-electron chi connectivity index (χ0n) is 10.3. The van der Waals surface area contributed by atoms with Gasteiger partial charge >= 0.3 is 0 Å². The third-order valence-corrected chi connectivity index (χ3v) is 4.05. The highest BCUT2D eigenvalue weighted by Crippen LogP contribution is 2.14. The zero-order chi connectivity index (χ0) is 14.0. The SMILES string of the molecule is CC(C)(CN)NS(=O)(=O)c1cccc(C(N)=O)c1. The predicted octanol–water partition coefficient (Wildman–Crippen LogP) is -0.199. The fourth-order valence-corrected chi connectivity index (χ4v) is 2.75. The van der Waals surface area contributed by atoms with Crippen LogP contribution in [-0.4, -0.2) is 26.4 Å². The highest BCUT2D eigenvalue weighted by molar-refractivity contribution is 7.89. The monoisotopic (exact) mass is 271 g/mol. The minimum Gasteiger partial charge on any atom is -0.366 e. The summed E-state index contributed by atoms with van der Waals surface area (Å²) >= 11 is 0. The Morgan fingerprint density at radius 2 is 2.00 bits per heavy atom. The summed E-state index contributed by atoms with van der Waals surface area (Å²) in [6.45, 7) is 3.49. The predicted molar refractivity (Wildman–Crippen MR) is 68.4 cm³/mol. The van der Waals surface area contributed by atoms with E-state index in [-0.39, 0.29) is 17.0 Å². The molecule has 0 unspecified atom stereocenters. The van der Waals surface area contributed by atoms with E-state index in [0.29, 0.717) is 0 Å². The first-order valence-electron chi connectivity index (χ1n) is 5.32. The van der Waals surface area contributed by atoms with E-state index in [9.17, 15) is 13.2 Å². The lowest BCUT2D eigenvalue weighted by atomic mass is 10.1. The Morgan fingerprint density at radius 3 is 2.50 bits per heavy atom. The lowest BCUT2D eigenvalue weighted by Crippen LogP contribution is -2.48. The molecule has 6 nitrogen and oxygen atoms in total. The average molecular weight is 271 g/mol. The third-order valence-electron chi connectivity index (χ3n) is 2.35. The molecule has 0 atom stereocenters. The summed E-state index contributed by atoms with van der Waals surface area (Å²) in [7, 11) is -3.72. The Balaban J connectivity index is 3.13. The van der Waals surface area contributed by atoms with E-state index in [1.807, 2.05) is 0 Å². The Morgan fingerprint density at radius 1 is 1.39 bits per heavy atom. The Labute approximate surface area is 106 Å². The fourth-order valence-electron chi connectivity index (χ4n) is 1.28. The quantitative estimate of drug-likeness (QED) is 0.687. The van der Waals surface area contributed by atoms with Crippen molar-refractivity contribution in [3.8, 4) is 0 Å². The molecule has 0 saturated carbocycles. The number of primary amides is 1. The van der Waals surface area contributed by atoms with Crippen LogP contribution < -0.4 is 16.2 Å². The van der Waals surface area contributed by atoms with Gasteiger partial charge in [-0.15, -0.1) is 0 Å². The smallest absolute Gasteiger partial charge is 0.248 e. The van der Waals surface area contributed by atoms with Gasteiger partial charge in [0.1, 0.15) is 0 Å². The van der Waals surface area contributed by atoms with Crippen LogP contribution in [0.3, 0.4) is 0 Å². The molecule has 1 aromatic carbocycles. The fraction of sp³-hybridized carbons (Fsp3) is 0.364. The number of benzene rings is 1. The minimum atomic E-state index is -3.72. The van der Waals surface area contributed by atoms with Crippen molar-refractivity contribution in [3.63, 3.8) is 0 Å². The average Bonchev–Trinajstić information content (AvgIpc) is 2.28. The number of nitrogens with two attached hydrogens (primary N) is 2. The number of nitrogens with one attached hydrogen (secondary N) is 1. The molecule has 0 spiro atoms. The highest BCUT2D eigenvalue weighted by atomic mass is 32.2. The lowest BCUT2D eigenvalue weighted by molar-refractivity contribution is 0.1000. The normalized spacial score (nSPS) is 12.4. The van der Waals surface area contributed by atoms with Gasteiger partial charge in [0.05, 0.1) is 4.90 Å². The van der Waals surface area contributed by atoms with E-state index in [0.717, 1.165) is 0 Å². The van der Waals surface area contributed by atoms with Gasteiger partial charge in [0, 0.05) is 17.6 Å². The molecular weight excluding hydrogens is 254 g/mol. The van der Waals surface area contributed by atoms with E-state index in [2.05, 4.69) is 4.72 Å². The summed E-state index contributed by atoms with van der Waals surface area (Å²) in [5.74, 6) is -0.676. The summed E-state index contributed by atoms with van der Waals surface area (Å²) in [6.07, 6.45) is 0. The van der Waals surface area contributed by atoms with Crippen LogP contribution in [0.1, 0.15) is 24.2 Å². The van der Waals surface area contributed by atoms with Gasteiger partial charge in [-0.05, 0) is 32.0 Å². The molecule has 0 bridgehead atoms. The molecule has 1 aromatic rings. The maximum atomic E-state index is 12.1. The first-order chi connectivity index (χ1) is 8.18. The first kappa shape index (κ1) is 14.6. The maximum Gasteiger partial charge on any atom is 0.248 e. The number of amides is 1. The molecule has 0 aromatic heterocycles. The number of carbonyl (C=O) groups excluding carboxylic acids is 1. The number of hydrogen-bond donors (Lipinski definition) is 3. The second kappa shape index (κ2) is 5.05. The molecule has 0 radical (unpaired) electrons. The van der Waals surface area contributed by atoms with Gasteiger partial charge in [-0.2, -0.15) is 0 Å². The van der Waals surface area contributed by atoms with Crippen LogP contribution in [0.15, 0.2) is 29.2 Å². The van der Waals surface area contributed by atoms with Gasteiger partial charge < -0.3 is 11.5 Å². The van der Waals surface area contributed by atoms with Crippen LogP contribution in [0.2, 0.25) is 0 Å². The van der Waals surface area contributed by atoms with E-state index in [1.54, 1.807) is 13.8 Å². The Kier molecular flexibility index (Phi) is 4.10. The molecule has 0 heterocycles. The van der Waals surface area contributed by atoms with Crippen LogP contribution in [0.4, 0.5) is 0 Å². The maximum absolute atomic E-state index is 12.1. The Hall–Kier alpha value is -1.44. The summed E-state index contributed by atoms with van der Waals surface area (Å²) < 4.78 is 26.6. The molecule has 100 valence electrons. The molecule has 18 heavy (non-hydrogen) atoms. The standard InChI is InChI=1S/C11H17N3O3S/c1-11(2,7-12)14-18(16,17)9-5-3-4-8(6-9)10(13)15/h3-6,14H,7,12H2,1-2H3,(H2,13,15). The number of sulfonamides is 1. The molecule has 0 aliphatic carbocycles. The van der Waals surface area contributed by atoms with Gasteiger partial charge in [-0.1, -0.05) is 6.07 Å². The van der Waals surface area contributed by atoms with Crippen LogP contribution in [0.5, 0.6) is 0 Å². The molecule has 1 amide bonds. The molecule has 1 rings (SSSR count). The van der Waals surface area contributed by atoms with Crippen LogP contribution in [0.25, 0.3) is 0 Å². The number of rotatable bonds is 5.